The number of aromatic nitrogens is 6. The zero-order valence-corrected chi connectivity index (χ0v) is 55.3. The number of nitriles is 2. The maximum atomic E-state index is 14.6. The molecule has 486 valence electrons. The molecule has 0 spiro atoms. The van der Waals surface area contributed by atoms with Gasteiger partial charge in [0.1, 0.15) is 0 Å². The standard InChI is InChI=1S/C93H53F3N8/c94-93(95,96)59-35-41-65(58(47-59)55-98)56-34-42-90(104-91-45-39-63(101-84-29-13-5-21-70(84)71-22-6-14-30-85(71)101)52-78(91)79-53-64(40-46-92(79)104)102-86-31-15-7-23-72(86)73-24-8-16-32-87(73)102)75(48-56)74-49-60(36-33-57(74)54-97)103-88-43-37-61(99-80-25-9-1-17-66(80)67-18-2-10-26-81(67)99)50-76(88)77-51-62(38-44-89(77)103)100-82-27-11-3-19-68(82)69-20-4-12-28-83(69)100/h1-53H. The molecule has 104 heavy (non-hydrogen) atoms. The summed E-state index contributed by atoms with van der Waals surface area (Å²) < 4.78 is 57.5. The number of nitrogens with zero attached hydrogens (tertiary/aromatic N) is 8. The second-order valence-electron chi connectivity index (χ2n) is 26.9. The summed E-state index contributed by atoms with van der Waals surface area (Å²) in [4.78, 5) is 0. The Kier molecular flexibility index (Phi) is 12.5. The summed E-state index contributed by atoms with van der Waals surface area (Å²) >= 11 is 0. The van der Waals surface area contributed by atoms with Gasteiger partial charge in [-0.15, -0.1) is 0 Å². The van der Waals surface area contributed by atoms with Gasteiger partial charge in [0, 0.05) is 104 Å². The summed E-state index contributed by atoms with van der Waals surface area (Å²) in [6, 6.07) is 115. The number of alkyl halides is 3. The number of hydrogen-bond acceptors (Lipinski definition) is 2. The Morgan fingerprint density at radius 1 is 0.221 bits per heavy atom. The third-order valence-corrected chi connectivity index (χ3v) is 21.5. The summed E-state index contributed by atoms with van der Waals surface area (Å²) in [6.45, 7) is 0. The van der Waals surface area contributed by atoms with Gasteiger partial charge in [-0.3, -0.25) is 0 Å². The molecule has 0 unspecified atom stereocenters. The van der Waals surface area contributed by atoms with Gasteiger partial charge in [-0.25, -0.2) is 0 Å². The number of benzene rings is 15. The molecule has 15 aromatic carbocycles. The molecule has 0 aliphatic carbocycles. The Hall–Kier alpha value is -14.1. The largest absolute Gasteiger partial charge is 0.416 e. The van der Waals surface area contributed by atoms with Crippen molar-refractivity contribution in [1.29, 1.82) is 10.5 Å². The molecular weight excluding hydrogens is 1290 g/mol. The number of rotatable bonds is 8. The van der Waals surface area contributed by atoms with E-state index in [1.54, 1.807) is 0 Å². The molecule has 11 heteroatoms. The second kappa shape index (κ2) is 22.2. The van der Waals surface area contributed by atoms with Crippen LogP contribution < -0.4 is 0 Å². The first-order valence-electron chi connectivity index (χ1n) is 34.6. The van der Waals surface area contributed by atoms with Crippen molar-refractivity contribution in [3.8, 4) is 68.5 Å². The van der Waals surface area contributed by atoms with E-state index in [0.29, 0.717) is 33.5 Å². The van der Waals surface area contributed by atoms with E-state index in [-0.39, 0.29) is 5.56 Å². The van der Waals surface area contributed by atoms with Crippen LogP contribution in [0.25, 0.3) is 187 Å². The Bertz CT molecular complexity index is 6840. The molecule has 0 fully saturated rings. The molecule has 0 amide bonds. The van der Waals surface area contributed by atoms with Crippen molar-refractivity contribution < 1.29 is 13.2 Å². The highest BCUT2D eigenvalue weighted by atomic mass is 19.4. The highest BCUT2D eigenvalue weighted by Gasteiger charge is 2.32. The zero-order chi connectivity index (χ0) is 69.2. The van der Waals surface area contributed by atoms with E-state index in [1.165, 1.54) is 6.07 Å². The highest BCUT2D eigenvalue weighted by Crippen LogP contribution is 2.47. The number of hydrogen-bond donors (Lipinski definition) is 0. The van der Waals surface area contributed by atoms with Gasteiger partial charge in [0.05, 0.1) is 101 Å². The second-order valence-corrected chi connectivity index (χ2v) is 26.9. The third-order valence-electron chi connectivity index (χ3n) is 21.5. The lowest BCUT2D eigenvalue weighted by atomic mass is 9.92. The predicted molar refractivity (Wildman–Crippen MR) is 418 cm³/mol. The maximum Gasteiger partial charge on any atom is 0.416 e. The molecule has 21 rings (SSSR count). The summed E-state index contributed by atoms with van der Waals surface area (Å²) in [6.07, 6.45) is -4.69. The van der Waals surface area contributed by atoms with Crippen molar-refractivity contribution in [2.45, 2.75) is 6.18 Å². The fourth-order valence-electron chi connectivity index (χ4n) is 17.1. The van der Waals surface area contributed by atoms with Crippen molar-refractivity contribution in [2.75, 3.05) is 0 Å². The van der Waals surface area contributed by atoms with Crippen molar-refractivity contribution in [1.82, 2.24) is 27.4 Å². The first-order chi connectivity index (χ1) is 51.1. The molecule has 6 aromatic heterocycles. The van der Waals surface area contributed by atoms with Crippen LogP contribution in [0.2, 0.25) is 0 Å². The van der Waals surface area contributed by atoms with Gasteiger partial charge < -0.3 is 27.4 Å². The summed E-state index contributed by atoms with van der Waals surface area (Å²) in [7, 11) is 0. The van der Waals surface area contributed by atoms with Crippen molar-refractivity contribution in [2.24, 2.45) is 0 Å². The van der Waals surface area contributed by atoms with Crippen molar-refractivity contribution >= 4 is 131 Å². The lowest BCUT2D eigenvalue weighted by molar-refractivity contribution is -0.137. The zero-order valence-electron chi connectivity index (χ0n) is 55.3. The minimum absolute atomic E-state index is 0.134. The fraction of sp³-hybridized carbons (Fsp3) is 0.0108. The normalized spacial score (nSPS) is 12.2. The molecule has 0 aliphatic rings. The SMILES string of the molecule is N#Cc1cc(C(F)(F)F)ccc1-c1ccc(-n2c3ccc(-n4c5ccccc5c5ccccc54)cc3c3cc(-n4c5ccccc5c5ccccc54)ccc32)c(-c2cc(-n3c4ccc(-n5c6ccccc6c6ccccc65)cc4c4cc(-n5c6ccccc6c6ccccc65)ccc43)ccc2C#N)c1. The molecule has 21 aromatic rings. The molecule has 0 atom stereocenters. The van der Waals surface area contributed by atoms with Gasteiger partial charge in [0.2, 0.25) is 0 Å². The molecule has 0 saturated carbocycles. The van der Waals surface area contributed by atoms with E-state index in [2.05, 4.69) is 313 Å². The van der Waals surface area contributed by atoms with Gasteiger partial charge in [-0.1, -0.05) is 158 Å². The van der Waals surface area contributed by atoms with Crippen LogP contribution in [0.1, 0.15) is 16.7 Å². The van der Waals surface area contributed by atoms with E-state index >= 15 is 0 Å². The molecular formula is C93H53F3N8. The Morgan fingerprint density at radius 2 is 0.510 bits per heavy atom. The van der Waals surface area contributed by atoms with E-state index in [1.807, 2.05) is 30.3 Å². The third kappa shape index (κ3) is 8.53. The number of para-hydroxylation sites is 8. The van der Waals surface area contributed by atoms with Gasteiger partial charge >= 0.3 is 6.18 Å². The first kappa shape index (κ1) is 58.8. The topological polar surface area (TPSA) is 77.2 Å². The van der Waals surface area contributed by atoms with Gasteiger partial charge in [-0.05, 0) is 175 Å². The molecule has 8 nitrogen and oxygen atoms in total. The maximum absolute atomic E-state index is 14.6. The average Bonchev–Trinajstić information content (AvgIpc) is 1.57. The average molecular weight is 1340 g/mol. The molecule has 6 heterocycles. The Balaban J connectivity index is 0.836. The summed E-state index contributed by atoms with van der Waals surface area (Å²) in [5.41, 5.74) is 19.0. The molecule has 0 bridgehead atoms. The van der Waals surface area contributed by atoms with Crippen LogP contribution in [-0.4, -0.2) is 27.4 Å². The quantitative estimate of drug-likeness (QED) is 0.152. The van der Waals surface area contributed by atoms with Gasteiger partial charge in [0.15, 0.2) is 0 Å². The van der Waals surface area contributed by atoms with Gasteiger partial charge in [-0.2, -0.15) is 23.7 Å². The minimum atomic E-state index is -4.69. The summed E-state index contributed by atoms with van der Waals surface area (Å²) in [5, 5.41) is 35.5. The lowest BCUT2D eigenvalue weighted by Gasteiger charge is -2.19. The van der Waals surface area contributed by atoms with Crippen LogP contribution in [0.5, 0.6) is 0 Å². The number of fused-ring (bicyclic) bond motifs is 18. The fourth-order valence-corrected chi connectivity index (χ4v) is 17.1. The van der Waals surface area contributed by atoms with Crippen LogP contribution in [0.15, 0.2) is 322 Å². The van der Waals surface area contributed by atoms with E-state index in [4.69, 9.17) is 0 Å². The molecule has 0 N–H and O–H groups in total. The van der Waals surface area contributed by atoms with Crippen molar-refractivity contribution in [3.05, 3.63) is 338 Å². The molecule has 0 radical (unpaired) electrons. The van der Waals surface area contributed by atoms with Crippen LogP contribution in [0.3, 0.4) is 0 Å². The first-order valence-corrected chi connectivity index (χ1v) is 34.6. The predicted octanol–water partition coefficient (Wildman–Crippen LogP) is 24.4. The van der Waals surface area contributed by atoms with E-state index < -0.39 is 11.7 Å². The Labute approximate surface area is 591 Å². The van der Waals surface area contributed by atoms with Crippen LogP contribution in [-0.2, 0) is 6.18 Å². The number of halogens is 3. The Morgan fingerprint density at radius 3 is 0.827 bits per heavy atom. The van der Waals surface area contributed by atoms with Crippen LogP contribution in [0, 0.1) is 22.7 Å². The van der Waals surface area contributed by atoms with Crippen molar-refractivity contribution in [3.63, 3.8) is 0 Å². The summed E-state index contributed by atoms with van der Waals surface area (Å²) in [5.74, 6) is 0. The van der Waals surface area contributed by atoms with Crippen LogP contribution in [0.4, 0.5) is 13.2 Å². The smallest absolute Gasteiger partial charge is 0.309 e. The minimum Gasteiger partial charge on any atom is -0.309 e. The lowest BCUT2D eigenvalue weighted by Crippen LogP contribution is -2.05. The van der Waals surface area contributed by atoms with Crippen LogP contribution >= 0.6 is 0 Å². The monoisotopic (exact) mass is 1340 g/mol. The molecule has 0 saturated heterocycles. The van der Waals surface area contributed by atoms with E-state index in [9.17, 15) is 23.7 Å². The van der Waals surface area contributed by atoms with E-state index in [0.717, 1.165) is 171 Å². The molecule has 0 aliphatic heterocycles. The van der Waals surface area contributed by atoms with Gasteiger partial charge in [0.25, 0.3) is 0 Å². The highest BCUT2D eigenvalue weighted by molar-refractivity contribution is 6.17.